The van der Waals surface area contributed by atoms with Gasteiger partial charge in [0, 0.05) is 32.4 Å². The summed E-state index contributed by atoms with van der Waals surface area (Å²) in [7, 11) is 0. The lowest BCUT2D eigenvalue weighted by molar-refractivity contribution is -0.142. The van der Waals surface area contributed by atoms with Crippen LogP contribution >= 0.6 is 11.6 Å². The Morgan fingerprint density at radius 3 is 2.32 bits per heavy atom. The largest absolute Gasteiger partial charge is 0.481 e. The summed E-state index contributed by atoms with van der Waals surface area (Å²) in [5, 5.41) is 8.80. The third-order valence-corrected chi connectivity index (χ3v) is 4.74. The molecular formula is C15H15ClF3N3O3. The Kier molecular flexibility index (Phi) is 4.52. The molecule has 2 atom stereocenters. The van der Waals surface area contributed by atoms with E-state index in [-0.39, 0.29) is 16.7 Å². The maximum absolute atomic E-state index is 12.7. The molecule has 0 unspecified atom stereocenters. The molecule has 1 N–H and O–H groups in total. The van der Waals surface area contributed by atoms with E-state index in [1.165, 1.54) is 0 Å². The van der Waals surface area contributed by atoms with Crippen molar-refractivity contribution in [1.82, 2.24) is 9.88 Å². The second-order valence-corrected chi connectivity index (χ2v) is 6.53. The number of amides is 1. The number of carboxylic acid groups (broad SMARTS) is 1. The monoisotopic (exact) mass is 377 g/mol. The van der Waals surface area contributed by atoms with Crippen LogP contribution in [-0.2, 0) is 15.8 Å². The second kappa shape index (κ2) is 6.36. The molecule has 10 heteroatoms. The molecule has 1 amide bonds. The van der Waals surface area contributed by atoms with E-state index in [1.807, 2.05) is 0 Å². The Bertz CT molecular complexity index is 705. The van der Waals surface area contributed by atoms with Crippen molar-refractivity contribution >= 4 is 29.3 Å². The number of carbonyl (C=O) groups is 2. The molecule has 1 aromatic rings. The second-order valence-electron chi connectivity index (χ2n) is 6.13. The van der Waals surface area contributed by atoms with Crippen LogP contribution in [0.2, 0.25) is 5.02 Å². The number of alkyl halides is 3. The summed E-state index contributed by atoms with van der Waals surface area (Å²) in [4.78, 5) is 30.2. The lowest BCUT2D eigenvalue weighted by atomic mass is 10.2. The van der Waals surface area contributed by atoms with Crippen molar-refractivity contribution in [2.24, 2.45) is 11.8 Å². The van der Waals surface area contributed by atoms with Crippen molar-refractivity contribution in [2.75, 3.05) is 31.1 Å². The van der Waals surface area contributed by atoms with Crippen LogP contribution < -0.4 is 4.90 Å². The molecule has 6 nitrogen and oxygen atoms in total. The molecule has 1 saturated carbocycles. The number of piperazine rings is 1. The van der Waals surface area contributed by atoms with Gasteiger partial charge in [-0.1, -0.05) is 11.6 Å². The number of anilines is 1. The SMILES string of the molecule is O=C(O)[C@H]1C[C@@H]1C(=O)N1CCN(c2ncc(C(F)(F)F)cc2Cl)CC1. The Morgan fingerprint density at radius 2 is 1.84 bits per heavy atom. The molecule has 2 fully saturated rings. The fourth-order valence-corrected chi connectivity index (χ4v) is 3.22. The molecule has 3 rings (SSSR count). The summed E-state index contributed by atoms with van der Waals surface area (Å²) in [6.45, 7) is 1.43. The first-order valence-electron chi connectivity index (χ1n) is 7.67. The van der Waals surface area contributed by atoms with E-state index in [0.29, 0.717) is 32.6 Å². The van der Waals surface area contributed by atoms with Crippen molar-refractivity contribution < 1.29 is 27.9 Å². The van der Waals surface area contributed by atoms with E-state index in [1.54, 1.807) is 9.80 Å². The molecule has 1 saturated heterocycles. The minimum Gasteiger partial charge on any atom is -0.481 e. The van der Waals surface area contributed by atoms with Gasteiger partial charge in [-0.2, -0.15) is 13.2 Å². The van der Waals surface area contributed by atoms with Crippen LogP contribution in [0.5, 0.6) is 0 Å². The van der Waals surface area contributed by atoms with Crippen LogP contribution in [0.15, 0.2) is 12.3 Å². The molecular weight excluding hydrogens is 363 g/mol. The van der Waals surface area contributed by atoms with Crippen molar-refractivity contribution in [2.45, 2.75) is 12.6 Å². The molecule has 2 heterocycles. The zero-order chi connectivity index (χ0) is 18.4. The van der Waals surface area contributed by atoms with E-state index < -0.39 is 29.5 Å². The van der Waals surface area contributed by atoms with Gasteiger partial charge >= 0.3 is 12.1 Å². The molecule has 1 aliphatic heterocycles. The van der Waals surface area contributed by atoms with Crippen LogP contribution in [0.3, 0.4) is 0 Å². The van der Waals surface area contributed by atoms with Gasteiger partial charge in [0.25, 0.3) is 0 Å². The minimum absolute atomic E-state index is 0.0947. The van der Waals surface area contributed by atoms with E-state index >= 15 is 0 Å². The smallest absolute Gasteiger partial charge is 0.417 e. The van der Waals surface area contributed by atoms with Gasteiger partial charge in [-0.3, -0.25) is 9.59 Å². The van der Waals surface area contributed by atoms with Gasteiger partial charge < -0.3 is 14.9 Å². The number of rotatable bonds is 3. The number of nitrogens with zero attached hydrogens (tertiary/aromatic N) is 3. The van der Waals surface area contributed by atoms with Crippen molar-refractivity contribution in [3.63, 3.8) is 0 Å². The normalized spacial score (nSPS) is 23.5. The van der Waals surface area contributed by atoms with Crippen molar-refractivity contribution in [3.8, 4) is 0 Å². The Balaban J connectivity index is 1.61. The highest BCUT2D eigenvalue weighted by atomic mass is 35.5. The molecule has 136 valence electrons. The highest BCUT2D eigenvalue weighted by Crippen LogP contribution is 2.40. The highest BCUT2D eigenvalue weighted by Gasteiger charge is 2.50. The van der Waals surface area contributed by atoms with Crippen LogP contribution in [0.4, 0.5) is 19.0 Å². The van der Waals surface area contributed by atoms with Gasteiger partial charge in [-0.15, -0.1) is 0 Å². The first-order chi connectivity index (χ1) is 11.7. The van der Waals surface area contributed by atoms with E-state index in [4.69, 9.17) is 16.7 Å². The Labute approximate surface area is 146 Å². The third kappa shape index (κ3) is 3.65. The number of carboxylic acids is 1. The number of hydrogen-bond acceptors (Lipinski definition) is 4. The van der Waals surface area contributed by atoms with Gasteiger partial charge in [0.05, 0.1) is 22.4 Å². The zero-order valence-electron chi connectivity index (χ0n) is 13.0. The maximum Gasteiger partial charge on any atom is 0.417 e. The third-order valence-electron chi connectivity index (χ3n) is 4.46. The Morgan fingerprint density at radius 1 is 1.20 bits per heavy atom. The predicted molar refractivity (Wildman–Crippen MR) is 82.3 cm³/mol. The molecule has 0 spiro atoms. The van der Waals surface area contributed by atoms with Crippen LogP contribution in [0, 0.1) is 11.8 Å². The fourth-order valence-electron chi connectivity index (χ4n) is 2.93. The van der Waals surface area contributed by atoms with Crippen LogP contribution in [0.25, 0.3) is 0 Å². The summed E-state index contributed by atoms with van der Waals surface area (Å²) in [5.74, 6) is -1.96. The predicted octanol–water partition coefficient (Wildman–Crippen LogP) is 2.12. The molecule has 1 aliphatic carbocycles. The van der Waals surface area contributed by atoms with Gasteiger partial charge in [0.15, 0.2) is 0 Å². The van der Waals surface area contributed by atoms with Crippen molar-refractivity contribution in [3.05, 3.63) is 22.8 Å². The number of carbonyl (C=O) groups excluding carboxylic acids is 1. The summed E-state index contributed by atoms with van der Waals surface area (Å²) in [5.41, 5.74) is -0.913. The van der Waals surface area contributed by atoms with Crippen molar-refractivity contribution in [1.29, 1.82) is 0 Å². The van der Waals surface area contributed by atoms with E-state index in [2.05, 4.69) is 4.98 Å². The first-order valence-corrected chi connectivity index (χ1v) is 8.05. The lowest BCUT2D eigenvalue weighted by Gasteiger charge is -2.36. The Hall–Kier alpha value is -2.03. The van der Waals surface area contributed by atoms with Crippen LogP contribution in [0.1, 0.15) is 12.0 Å². The summed E-state index contributed by atoms with van der Waals surface area (Å²) < 4.78 is 38.0. The standard InChI is InChI=1S/C15H15ClF3N3O3/c16-11-5-8(15(17,18)19)7-20-12(11)21-1-3-22(4-2-21)13(23)9-6-10(9)14(24)25/h5,7,9-10H,1-4,6H2,(H,24,25)/t9-,10-/m0/s1. The summed E-state index contributed by atoms with van der Waals surface area (Å²) in [6, 6.07) is 0.836. The van der Waals surface area contributed by atoms with E-state index in [9.17, 15) is 22.8 Å². The number of pyridine rings is 1. The number of aliphatic carboxylic acids is 1. The zero-order valence-corrected chi connectivity index (χ0v) is 13.7. The average molecular weight is 378 g/mol. The maximum atomic E-state index is 12.7. The number of aromatic nitrogens is 1. The lowest BCUT2D eigenvalue weighted by Crippen LogP contribution is -2.49. The number of halogens is 4. The quantitative estimate of drug-likeness (QED) is 0.873. The average Bonchev–Trinajstić information content (AvgIpc) is 3.34. The van der Waals surface area contributed by atoms with Gasteiger partial charge in [-0.05, 0) is 12.5 Å². The van der Waals surface area contributed by atoms with Gasteiger partial charge in [-0.25, -0.2) is 4.98 Å². The van der Waals surface area contributed by atoms with Gasteiger partial charge in [0.1, 0.15) is 5.82 Å². The first kappa shape index (κ1) is 17.8. The molecule has 0 aromatic carbocycles. The number of hydrogen-bond donors (Lipinski definition) is 1. The summed E-state index contributed by atoms with van der Waals surface area (Å²) in [6.07, 6.45) is -3.41. The molecule has 2 aliphatic rings. The minimum atomic E-state index is -4.51. The highest BCUT2D eigenvalue weighted by molar-refractivity contribution is 6.33. The van der Waals surface area contributed by atoms with Gasteiger partial charge in [0.2, 0.25) is 5.91 Å². The van der Waals surface area contributed by atoms with Crippen LogP contribution in [-0.4, -0.2) is 53.0 Å². The topological polar surface area (TPSA) is 73.7 Å². The van der Waals surface area contributed by atoms with E-state index in [0.717, 1.165) is 12.3 Å². The summed E-state index contributed by atoms with van der Waals surface area (Å²) >= 11 is 5.93. The molecule has 0 bridgehead atoms. The molecule has 1 aromatic heterocycles. The molecule has 25 heavy (non-hydrogen) atoms. The fraction of sp³-hybridized carbons (Fsp3) is 0.533. The molecule has 0 radical (unpaired) electrons.